The summed E-state index contributed by atoms with van der Waals surface area (Å²) >= 11 is 3.60. The van der Waals surface area contributed by atoms with Crippen LogP contribution < -0.4 is 5.32 Å². The normalized spacial score (nSPS) is 18.6. The molecule has 18 heavy (non-hydrogen) atoms. The van der Waals surface area contributed by atoms with Gasteiger partial charge >= 0.3 is 0 Å². The van der Waals surface area contributed by atoms with Gasteiger partial charge in [0.15, 0.2) is 0 Å². The van der Waals surface area contributed by atoms with Crippen LogP contribution in [0.4, 0.5) is 5.82 Å². The molecule has 2 nitrogen and oxygen atoms in total. The Labute approximate surface area is 119 Å². The zero-order valence-electron chi connectivity index (χ0n) is 11.4. The average Bonchev–Trinajstić information content (AvgIpc) is 2.39. The van der Waals surface area contributed by atoms with E-state index in [9.17, 15) is 0 Å². The Morgan fingerprint density at radius 2 is 2.11 bits per heavy atom. The van der Waals surface area contributed by atoms with Crippen LogP contribution in [0.25, 0.3) is 0 Å². The van der Waals surface area contributed by atoms with Crippen molar-refractivity contribution in [2.24, 2.45) is 5.92 Å². The minimum atomic E-state index is 0.566. The molecule has 0 aliphatic heterocycles. The molecule has 1 heterocycles. The van der Waals surface area contributed by atoms with Crippen LogP contribution in [-0.2, 0) is 0 Å². The number of halogens is 1. The number of aromatic nitrogens is 1. The van der Waals surface area contributed by atoms with Crippen LogP contribution >= 0.6 is 15.9 Å². The number of nitrogens with zero attached hydrogens (tertiary/aromatic N) is 1. The molecule has 1 aliphatic rings. The third kappa shape index (κ3) is 3.47. The van der Waals surface area contributed by atoms with E-state index in [0.717, 1.165) is 16.2 Å². The summed E-state index contributed by atoms with van der Waals surface area (Å²) in [4.78, 5) is 4.50. The predicted molar refractivity (Wildman–Crippen MR) is 81.0 cm³/mol. The number of anilines is 1. The molecular weight excluding hydrogens is 288 g/mol. The molecule has 0 spiro atoms. The molecule has 0 saturated heterocycles. The van der Waals surface area contributed by atoms with Crippen molar-refractivity contribution in [3.8, 4) is 0 Å². The Balaban J connectivity index is 2.04. The summed E-state index contributed by atoms with van der Waals surface area (Å²) in [6.07, 6.45) is 10.0. The molecule has 0 radical (unpaired) electrons. The molecule has 1 aromatic heterocycles. The van der Waals surface area contributed by atoms with Crippen LogP contribution in [0.2, 0.25) is 0 Å². The van der Waals surface area contributed by atoms with E-state index in [1.54, 1.807) is 0 Å². The SMILES string of the molecule is CCC(Nc1ncc(C)cc1Br)C1CCCCC1. The molecule has 0 amide bonds. The molecule has 1 fully saturated rings. The quantitative estimate of drug-likeness (QED) is 0.853. The number of rotatable bonds is 4. The summed E-state index contributed by atoms with van der Waals surface area (Å²) in [5, 5.41) is 3.64. The van der Waals surface area contributed by atoms with Crippen molar-refractivity contribution in [1.82, 2.24) is 4.98 Å². The summed E-state index contributed by atoms with van der Waals surface area (Å²) in [6, 6.07) is 2.69. The van der Waals surface area contributed by atoms with Crippen LogP contribution in [-0.4, -0.2) is 11.0 Å². The first-order valence-corrected chi connectivity index (χ1v) is 7.88. The van der Waals surface area contributed by atoms with E-state index in [1.807, 2.05) is 6.20 Å². The maximum absolute atomic E-state index is 4.50. The fourth-order valence-corrected chi connectivity index (χ4v) is 3.48. The van der Waals surface area contributed by atoms with Gasteiger partial charge in [-0.1, -0.05) is 26.2 Å². The molecule has 2 rings (SSSR count). The smallest absolute Gasteiger partial charge is 0.140 e. The highest BCUT2D eigenvalue weighted by molar-refractivity contribution is 9.10. The first-order valence-electron chi connectivity index (χ1n) is 7.09. The molecule has 0 bridgehead atoms. The van der Waals surface area contributed by atoms with Crippen LogP contribution in [0.3, 0.4) is 0 Å². The Morgan fingerprint density at radius 1 is 1.39 bits per heavy atom. The van der Waals surface area contributed by atoms with E-state index >= 15 is 0 Å². The van der Waals surface area contributed by atoms with Gasteiger partial charge in [-0.3, -0.25) is 0 Å². The Hall–Kier alpha value is -0.570. The van der Waals surface area contributed by atoms with Gasteiger partial charge in [-0.15, -0.1) is 0 Å². The van der Waals surface area contributed by atoms with E-state index in [-0.39, 0.29) is 0 Å². The van der Waals surface area contributed by atoms with Gasteiger partial charge in [-0.25, -0.2) is 4.98 Å². The zero-order chi connectivity index (χ0) is 13.0. The summed E-state index contributed by atoms with van der Waals surface area (Å²) < 4.78 is 1.08. The fraction of sp³-hybridized carbons (Fsp3) is 0.667. The largest absolute Gasteiger partial charge is 0.366 e. The molecule has 1 unspecified atom stereocenters. The summed E-state index contributed by atoms with van der Waals surface area (Å²) in [5.41, 5.74) is 1.19. The first-order chi connectivity index (χ1) is 8.70. The molecule has 100 valence electrons. The number of pyridine rings is 1. The van der Waals surface area contributed by atoms with Gasteiger partial charge in [-0.2, -0.15) is 0 Å². The van der Waals surface area contributed by atoms with Crippen molar-refractivity contribution in [3.63, 3.8) is 0 Å². The van der Waals surface area contributed by atoms with Gasteiger partial charge in [0.1, 0.15) is 5.82 Å². The molecule has 0 aromatic carbocycles. The van der Waals surface area contributed by atoms with Crippen molar-refractivity contribution in [2.75, 3.05) is 5.32 Å². The Morgan fingerprint density at radius 3 is 2.72 bits per heavy atom. The van der Waals surface area contributed by atoms with Gasteiger partial charge in [0.25, 0.3) is 0 Å². The van der Waals surface area contributed by atoms with Crippen molar-refractivity contribution < 1.29 is 0 Å². The van der Waals surface area contributed by atoms with Crippen molar-refractivity contribution >= 4 is 21.7 Å². The first kappa shape index (κ1) is 13.9. The fourth-order valence-electron chi connectivity index (χ4n) is 2.91. The summed E-state index contributed by atoms with van der Waals surface area (Å²) in [7, 11) is 0. The molecule has 1 aromatic rings. The highest BCUT2D eigenvalue weighted by Crippen LogP contribution is 2.30. The van der Waals surface area contributed by atoms with Crippen LogP contribution in [0.15, 0.2) is 16.7 Å². The van der Waals surface area contributed by atoms with Gasteiger partial charge in [0.05, 0.1) is 4.47 Å². The van der Waals surface area contributed by atoms with Gasteiger partial charge < -0.3 is 5.32 Å². The van der Waals surface area contributed by atoms with Crippen LogP contribution in [0, 0.1) is 12.8 Å². The molecule has 3 heteroatoms. The van der Waals surface area contributed by atoms with E-state index in [1.165, 1.54) is 44.1 Å². The lowest BCUT2D eigenvalue weighted by molar-refractivity contribution is 0.312. The Kier molecular flexibility index (Phi) is 5.04. The lowest BCUT2D eigenvalue weighted by atomic mass is 9.83. The molecular formula is C15H23BrN2. The number of hydrogen-bond donors (Lipinski definition) is 1. The number of hydrogen-bond acceptors (Lipinski definition) is 2. The standard InChI is InChI=1S/C15H23BrN2/c1-3-14(12-7-5-4-6-8-12)18-15-13(16)9-11(2)10-17-15/h9-10,12,14H,3-8H2,1-2H3,(H,17,18). The monoisotopic (exact) mass is 310 g/mol. The number of aryl methyl sites for hydroxylation is 1. The Bertz CT molecular complexity index is 386. The minimum Gasteiger partial charge on any atom is -0.366 e. The van der Waals surface area contributed by atoms with Gasteiger partial charge in [0.2, 0.25) is 0 Å². The summed E-state index contributed by atoms with van der Waals surface area (Å²) in [5.74, 6) is 1.82. The van der Waals surface area contributed by atoms with Gasteiger partial charge in [0, 0.05) is 12.2 Å². The second-order valence-corrected chi connectivity index (χ2v) is 6.25. The maximum atomic E-state index is 4.50. The topological polar surface area (TPSA) is 24.9 Å². The van der Waals surface area contributed by atoms with Crippen molar-refractivity contribution in [2.45, 2.75) is 58.4 Å². The van der Waals surface area contributed by atoms with Crippen molar-refractivity contribution in [1.29, 1.82) is 0 Å². The van der Waals surface area contributed by atoms with Gasteiger partial charge in [-0.05, 0) is 59.7 Å². The average molecular weight is 311 g/mol. The molecule has 1 saturated carbocycles. The number of nitrogens with one attached hydrogen (secondary N) is 1. The van der Waals surface area contributed by atoms with Crippen molar-refractivity contribution in [3.05, 3.63) is 22.3 Å². The second-order valence-electron chi connectivity index (χ2n) is 5.40. The minimum absolute atomic E-state index is 0.566. The predicted octanol–water partition coefficient (Wildman–Crippen LogP) is 4.92. The maximum Gasteiger partial charge on any atom is 0.140 e. The van der Waals surface area contributed by atoms with E-state index in [2.05, 4.69) is 46.1 Å². The highest BCUT2D eigenvalue weighted by Gasteiger charge is 2.22. The van der Waals surface area contributed by atoms with Crippen LogP contribution in [0.1, 0.15) is 51.0 Å². The second kappa shape index (κ2) is 6.55. The van der Waals surface area contributed by atoms with E-state index in [4.69, 9.17) is 0 Å². The van der Waals surface area contributed by atoms with E-state index in [0.29, 0.717) is 6.04 Å². The lowest BCUT2D eigenvalue weighted by Crippen LogP contribution is -2.30. The van der Waals surface area contributed by atoms with E-state index < -0.39 is 0 Å². The molecule has 1 atom stereocenters. The molecule has 1 N–H and O–H groups in total. The third-order valence-corrected chi connectivity index (χ3v) is 4.56. The highest BCUT2D eigenvalue weighted by atomic mass is 79.9. The summed E-state index contributed by atoms with van der Waals surface area (Å²) in [6.45, 7) is 4.34. The third-order valence-electron chi connectivity index (χ3n) is 3.96. The molecule has 1 aliphatic carbocycles. The van der Waals surface area contributed by atoms with Crippen LogP contribution in [0.5, 0.6) is 0 Å². The lowest BCUT2D eigenvalue weighted by Gasteiger charge is -2.30. The zero-order valence-corrected chi connectivity index (χ0v) is 13.0.